The number of non-ortho nitro benzene ring substituents is 1. The van der Waals surface area contributed by atoms with Crippen LogP contribution in [0.25, 0.3) is 0 Å². The Bertz CT molecular complexity index is 527. The zero-order valence-corrected chi connectivity index (χ0v) is 11.3. The van der Waals surface area contributed by atoms with Gasteiger partial charge in [-0.15, -0.1) is 0 Å². The minimum Gasteiger partial charge on any atom is -0.310 e. The lowest BCUT2D eigenvalue weighted by Crippen LogP contribution is -2.21. The van der Waals surface area contributed by atoms with Gasteiger partial charge in [0.2, 0.25) is 0 Å². The minimum atomic E-state index is -3.92. The fourth-order valence-electron chi connectivity index (χ4n) is 1.58. The van der Waals surface area contributed by atoms with Gasteiger partial charge in [0.25, 0.3) is 15.8 Å². The highest BCUT2D eigenvalue weighted by molar-refractivity contribution is 7.85. The second-order valence-corrected chi connectivity index (χ2v) is 5.74. The predicted molar refractivity (Wildman–Crippen MR) is 70.5 cm³/mol. The molecule has 0 radical (unpaired) electrons. The second kappa shape index (κ2) is 6.60. The van der Waals surface area contributed by atoms with Crippen molar-refractivity contribution in [3.63, 3.8) is 0 Å². The third-order valence-corrected chi connectivity index (χ3v) is 3.44. The molecule has 0 saturated heterocycles. The van der Waals surface area contributed by atoms with Gasteiger partial charge in [0.1, 0.15) is 0 Å². The molecule has 1 rings (SSSR count). The van der Waals surface area contributed by atoms with E-state index >= 15 is 0 Å². The molecule has 1 aromatic rings. The van der Waals surface area contributed by atoms with Crippen LogP contribution in [0.15, 0.2) is 24.3 Å². The molecule has 0 amide bonds. The zero-order valence-electron chi connectivity index (χ0n) is 10.4. The lowest BCUT2D eigenvalue weighted by molar-refractivity contribution is -0.384. The molecule has 1 aromatic carbocycles. The van der Waals surface area contributed by atoms with Crippen LogP contribution in [-0.4, -0.2) is 30.2 Å². The van der Waals surface area contributed by atoms with Crippen LogP contribution in [0.2, 0.25) is 0 Å². The maximum atomic E-state index is 10.5. The number of nitro groups is 1. The van der Waals surface area contributed by atoms with Crippen molar-refractivity contribution < 1.29 is 17.9 Å². The quantitative estimate of drug-likeness (QED) is 0.341. The van der Waals surface area contributed by atoms with Gasteiger partial charge in [-0.25, -0.2) is 0 Å². The van der Waals surface area contributed by atoms with Crippen molar-refractivity contribution in [2.24, 2.45) is 0 Å². The first-order chi connectivity index (χ1) is 8.79. The number of nitrogens with one attached hydrogen (secondary N) is 1. The standard InChI is InChI=1S/C11H16N2O5S/c1-9(12-7-2-8-19(16,17)18)10-3-5-11(6-4-10)13(14)15/h3-6,9,12H,2,7-8H2,1H3,(H,16,17,18)/t9-/m0/s1. The van der Waals surface area contributed by atoms with Gasteiger partial charge in [-0.3, -0.25) is 14.7 Å². The lowest BCUT2D eigenvalue weighted by Gasteiger charge is -2.13. The zero-order chi connectivity index (χ0) is 14.5. The van der Waals surface area contributed by atoms with Crippen molar-refractivity contribution in [2.45, 2.75) is 19.4 Å². The molecule has 0 aliphatic carbocycles. The highest BCUT2D eigenvalue weighted by atomic mass is 32.2. The molecule has 0 saturated carbocycles. The van der Waals surface area contributed by atoms with Gasteiger partial charge < -0.3 is 5.32 Å². The van der Waals surface area contributed by atoms with Gasteiger partial charge in [0, 0.05) is 18.2 Å². The van der Waals surface area contributed by atoms with Gasteiger partial charge in [-0.05, 0) is 25.5 Å². The molecule has 0 spiro atoms. The molecule has 0 fully saturated rings. The Balaban J connectivity index is 2.45. The van der Waals surface area contributed by atoms with E-state index in [-0.39, 0.29) is 17.5 Å². The number of hydrogen-bond donors (Lipinski definition) is 2. The summed E-state index contributed by atoms with van der Waals surface area (Å²) in [7, 11) is -3.92. The Labute approximate surface area is 111 Å². The molecule has 0 bridgehead atoms. The largest absolute Gasteiger partial charge is 0.310 e. The number of benzene rings is 1. The number of rotatable bonds is 7. The second-order valence-electron chi connectivity index (χ2n) is 4.16. The topological polar surface area (TPSA) is 110 Å². The van der Waals surface area contributed by atoms with Crippen LogP contribution >= 0.6 is 0 Å². The fourth-order valence-corrected chi connectivity index (χ4v) is 2.08. The molecule has 0 aromatic heterocycles. The van der Waals surface area contributed by atoms with Gasteiger partial charge >= 0.3 is 0 Å². The average molecular weight is 288 g/mol. The van der Waals surface area contributed by atoms with E-state index in [2.05, 4.69) is 5.32 Å². The molecular weight excluding hydrogens is 272 g/mol. The van der Waals surface area contributed by atoms with E-state index in [1.807, 2.05) is 6.92 Å². The first kappa shape index (κ1) is 15.5. The van der Waals surface area contributed by atoms with Crippen molar-refractivity contribution in [3.8, 4) is 0 Å². The Kier molecular flexibility index (Phi) is 5.40. The summed E-state index contributed by atoms with van der Waals surface area (Å²) < 4.78 is 29.6. The number of nitrogens with zero attached hydrogens (tertiary/aromatic N) is 1. The van der Waals surface area contributed by atoms with Crippen molar-refractivity contribution >= 4 is 15.8 Å². The molecule has 1 atom stereocenters. The molecular formula is C11H16N2O5S. The van der Waals surface area contributed by atoms with Crippen LogP contribution in [0.4, 0.5) is 5.69 Å². The van der Waals surface area contributed by atoms with E-state index in [0.29, 0.717) is 13.0 Å². The summed E-state index contributed by atoms with van der Waals surface area (Å²) in [4.78, 5) is 10.0. The van der Waals surface area contributed by atoms with E-state index in [9.17, 15) is 18.5 Å². The van der Waals surface area contributed by atoms with Crippen LogP contribution < -0.4 is 5.32 Å². The van der Waals surface area contributed by atoms with Crippen molar-refractivity contribution in [1.82, 2.24) is 5.32 Å². The Morgan fingerprint density at radius 3 is 2.42 bits per heavy atom. The predicted octanol–water partition coefficient (Wildman–Crippen LogP) is 1.52. The summed E-state index contributed by atoms with van der Waals surface area (Å²) in [5.41, 5.74) is 0.903. The van der Waals surface area contributed by atoms with E-state index < -0.39 is 15.0 Å². The summed E-state index contributed by atoms with van der Waals surface area (Å²) in [6.07, 6.45) is 0.302. The highest BCUT2D eigenvalue weighted by Crippen LogP contribution is 2.17. The third kappa shape index (κ3) is 5.77. The lowest BCUT2D eigenvalue weighted by atomic mass is 10.1. The number of hydrogen-bond acceptors (Lipinski definition) is 5. The summed E-state index contributed by atoms with van der Waals surface area (Å²) in [6.45, 7) is 2.30. The first-order valence-corrected chi connectivity index (χ1v) is 7.33. The smallest absolute Gasteiger partial charge is 0.269 e. The van der Waals surface area contributed by atoms with E-state index in [4.69, 9.17) is 4.55 Å². The van der Waals surface area contributed by atoms with E-state index in [0.717, 1.165) is 5.56 Å². The van der Waals surface area contributed by atoms with Gasteiger partial charge in [-0.1, -0.05) is 12.1 Å². The molecule has 7 nitrogen and oxygen atoms in total. The average Bonchev–Trinajstić information content (AvgIpc) is 2.33. The third-order valence-electron chi connectivity index (χ3n) is 2.63. The monoisotopic (exact) mass is 288 g/mol. The van der Waals surface area contributed by atoms with Crippen LogP contribution in [0, 0.1) is 10.1 Å². The van der Waals surface area contributed by atoms with E-state index in [1.165, 1.54) is 12.1 Å². The maximum absolute atomic E-state index is 10.5. The Morgan fingerprint density at radius 2 is 1.95 bits per heavy atom. The summed E-state index contributed by atoms with van der Waals surface area (Å²) in [5.74, 6) is -0.285. The van der Waals surface area contributed by atoms with Gasteiger partial charge in [-0.2, -0.15) is 8.42 Å². The highest BCUT2D eigenvalue weighted by Gasteiger charge is 2.09. The maximum Gasteiger partial charge on any atom is 0.269 e. The summed E-state index contributed by atoms with van der Waals surface area (Å²) in [6, 6.07) is 6.09. The van der Waals surface area contributed by atoms with E-state index in [1.54, 1.807) is 12.1 Å². The summed E-state index contributed by atoms with van der Waals surface area (Å²) >= 11 is 0. The molecule has 8 heteroatoms. The minimum absolute atomic E-state index is 0.0299. The Hall–Kier alpha value is -1.51. The van der Waals surface area contributed by atoms with Crippen LogP contribution in [0.5, 0.6) is 0 Å². The Morgan fingerprint density at radius 1 is 1.37 bits per heavy atom. The van der Waals surface area contributed by atoms with Crippen LogP contribution in [0.3, 0.4) is 0 Å². The molecule has 19 heavy (non-hydrogen) atoms. The molecule has 2 N–H and O–H groups in total. The van der Waals surface area contributed by atoms with Crippen molar-refractivity contribution in [1.29, 1.82) is 0 Å². The fraction of sp³-hybridized carbons (Fsp3) is 0.455. The van der Waals surface area contributed by atoms with Crippen LogP contribution in [0.1, 0.15) is 24.9 Å². The first-order valence-electron chi connectivity index (χ1n) is 5.72. The molecule has 0 aliphatic rings. The van der Waals surface area contributed by atoms with Crippen molar-refractivity contribution in [3.05, 3.63) is 39.9 Å². The van der Waals surface area contributed by atoms with Crippen molar-refractivity contribution in [2.75, 3.05) is 12.3 Å². The molecule has 106 valence electrons. The normalized spacial score (nSPS) is 13.2. The molecule has 0 heterocycles. The van der Waals surface area contributed by atoms with Gasteiger partial charge in [0.05, 0.1) is 10.7 Å². The van der Waals surface area contributed by atoms with Gasteiger partial charge in [0.15, 0.2) is 0 Å². The number of nitro benzene ring substituents is 1. The molecule has 0 unspecified atom stereocenters. The summed E-state index contributed by atoms with van der Waals surface area (Å²) in [5, 5.41) is 13.6. The SMILES string of the molecule is C[C@H](NCCCS(=O)(=O)O)c1ccc([N+](=O)[O-])cc1. The molecule has 0 aliphatic heterocycles. The van der Waals surface area contributed by atoms with Crippen LogP contribution in [-0.2, 0) is 10.1 Å².